The third-order valence-corrected chi connectivity index (χ3v) is 6.27. The molecule has 2 amide bonds. The number of rotatable bonds is 7. The standard InChI is InChI=1S/C23H34FN3O2/c1-2-26(17-20-9-6-10-21(24)15-20)23(29)18-25-11-13-27(14-12-25)22(28)16-19-7-4-3-5-8-19/h6,9-10,15,19H,2-5,7-8,11-14,16-18H2,1H3. The van der Waals surface area contributed by atoms with Crippen molar-refractivity contribution in [2.45, 2.75) is 52.0 Å². The van der Waals surface area contributed by atoms with Crippen molar-refractivity contribution >= 4 is 11.8 Å². The number of carbonyl (C=O) groups is 2. The number of hydrogen-bond acceptors (Lipinski definition) is 3. The SMILES string of the molecule is CCN(Cc1cccc(F)c1)C(=O)CN1CCN(C(=O)CC2CCCCC2)CC1. The van der Waals surface area contributed by atoms with Crippen LogP contribution in [-0.4, -0.2) is 65.8 Å². The lowest BCUT2D eigenvalue weighted by Gasteiger charge is -2.36. The summed E-state index contributed by atoms with van der Waals surface area (Å²) in [5.41, 5.74) is 0.804. The monoisotopic (exact) mass is 403 g/mol. The molecule has 0 spiro atoms. The van der Waals surface area contributed by atoms with Crippen molar-refractivity contribution in [2.75, 3.05) is 39.3 Å². The van der Waals surface area contributed by atoms with Crippen molar-refractivity contribution in [3.8, 4) is 0 Å². The van der Waals surface area contributed by atoms with Gasteiger partial charge < -0.3 is 9.80 Å². The fourth-order valence-electron chi connectivity index (χ4n) is 4.45. The van der Waals surface area contributed by atoms with E-state index in [0.717, 1.165) is 18.7 Å². The fourth-order valence-corrected chi connectivity index (χ4v) is 4.45. The van der Waals surface area contributed by atoms with E-state index in [-0.39, 0.29) is 17.6 Å². The fraction of sp³-hybridized carbons (Fsp3) is 0.652. The number of nitrogens with zero attached hydrogens (tertiary/aromatic N) is 3. The summed E-state index contributed by atoms with van der Waals surface area (Å²) < 4.78 is 13.4. The maximum atomic E-state index is 13.4. The van der Waals surface area contributed by atoms with Crippen LogP contribution in [-0.2, 0) is 16.1 Å². The van der Waals surface area contributed by atoms with Crippen LogP contribution in [0.15, 0.2) is 24.3 Å². The second-order valence-corrected chi connectivity index (χ2v) is 8.40. The van der Waals surface area contributed by atoms with Gasteiger partial charge in [-0.15, -0.1) is 0 Å². The zero-order valence-electron chi connectivity index (χ0n) is 17.6. The highest BCUT2D eigenvalue weighted by molar-refractivity contribution is 5.78. The lowest BCUT2D eigenvalue weighted by atomic mass is 9.86. The van der Waals surface area contributed by atoms with Crippen LogP contribution >= 0.6 is 0 Å². The highest BCUT2D eigenvalue weighted by Gasteiger charge is 2.26. The van der Waals surface area contributed by atoms with E-state index in [2.05, 4.69) is 4.90 Å². The van der Waals surface area contributed by atoms with Gasteiger partial charge in [0.25, 0.3) is 0 Å². The Labute approximate surface area is 173 Å². The Morgan fingerprint density at radius 1 is 1.10 bits per heavy atom. The molecule has 2 fully saturated rings. The molecule has 1 aliphatic heterocycles. The second-order valence-electron chi connectivity index (χ2n) is 8.40. The summed E-state index contributed by atoms with van der Waals surface area (Å²) in [7, 11) is 0. The molecule has 0 bridgehead atoms. The third kappa shape index (κ3) is 6.53. The number of halogens is 1. The Kier molecular flexibility index (Phi) is 8.04. The van der Waals surface area contributed by atoms with Gasteiger partial charge >= 0.3 is 0 Å². The molecule has 1 heterocycles. The van der Waals surface area contributed by atoms with Crippen molar-refractivity contribution < 1.29 is 14.0 Å². The largest absolute Gasteiger partial charge is 0.340 e. The zero-order chi connectivity index (χ0) is 20.6. The Balaban J connectivity index is 1.42. The Hall–Kier alpha value is -1.95. The Morgan fingerprint density at radius 3 is 2.48 bits per heavy atom. The second kappa shape index (κ2) is 10.7. The maximum Gasteiger partial charge on any atom is 0.237 e. The predicted octanol–water partition coefficient (Wildman–Crippen LogP) is 3.29. The van der Waals surface area contributed by atoms with Crippen LogP contribution < -0.4 is 0 Å². The number of hydrogen-bond donors (Lipinski definition) is 0. The summed E-state index contributed by atoms with van der Waals surface area (Å²) in [6.45, 7) is 6.19. The normalized spacial score (nSPS) is 18.6. The lowest BCUT2D eigenvalue weighted by molar-refractivity contribution is -0.136. The molecule has 0 unspecified atom stereocenters. The van der Waals surface area contributed by atoms with Crippen LogP contribution in [0.1, 0.15) is 51.0 Å². The molecule has 0 atom stereocenters. The first-order valence-electron chi connectivity index (χ1n) is 11.1. The zero-order valence-corrected chi connectivity index (χ0v) is 17.6. The molecule has 29 heavy (non-hydrogen) atoms. The lowest BCUT2D eigenvalue weighted by Crippen LogP contribution is -2.51. The van der Waals surface area contributed by atoms with E-state index in [1.54, 1.807) is 11.0 Å². The molecular formula is C23H34FN3O2. The van der Waals surface area contributed by atoms with Crippen LogP contribution in [0.25, 0.3) is 0 Å². The summed E-state index contributed by atoms with van der Waals surface area (Å²) in [6, 6.07) is 6.41. The molecule has 5 nitrogen and oxygen atoms in total. The molecule has 0 aromatic heterocycles. The highest BCUT2D eigenvalue weighted by Crippen LogP contribution is 2.27. The van der Waals surface area contributed by atoms with Crippen LogP contribution in [0, 0.1) is 11.7 Å². The molecular weight excluding hydrogens is 369 g/mol. The van der Waals surface area contributed by atoms with Gasteiger partial charge in [0, 0.05) is 45.7 Å². The molecule has 1 saturated heterocycles. The molecule has 6 heteroatoms. The van der Waals surface area contributed by atoms with Crippen LogP contribution in [0.3, 0.4) is 0 Å². The van der Waals surface area contributed by atoms with Crippen molar-refractivity contribution in [1.82, 2.24) is 14.7 Å². The van der Waals surface area contributed by atoms with E-state index in [1.807, 2.05) is 17.9 Å². The Morgan fingerprint density at radius 2 is 1.83 bits per heavy atom. The summed E-state index contributed by atoms with van der Waals surface area (Å²) in [5.74, 6) is 0.625. The number of carbonyl (C=O) groups excluding carboxylic acids is 2. The van der Waals surface area contributed by atoms with E-state index in [9.17, 15) is 14.0 Å². The van der Waals surface area contributed by atoms with Gasteiger partial charge in [0.2, 0.25) is 11.8 Å². The summed E-state index contributed by atoms with van der Waals surface area (Å²) in [6.07, 6.45) is 6.91. The van der Waals surface area contributed by atoms with Crippen molar-refractivity contribution in [3.63, 3.8) is 0 Å². The van der Waals surface area contributed by atoms with Gasteiger partial charge in [0.15, 0.2) is 0 Å². The van der Waals surface area contributed by atoms with E-state index in [0.29, 0.717) is 45.1 Å². The van der Waals surface area contributed by atoms with E-state index in [1.165, 1.54) is 44.2 Å². The molecule has 160 valence electrons. The van der Waals surface area contributed by atoms with Gasteiger partial charge in [0.1, 0.15) is 5.82 Å². The average Bonchev–Trinajstić information content (AvgIpc) is 2.73. The van der Waals surface area contributed by atoms with E-state index in [4.69, 9.17) is 0 Å². The van der Waals surface area contributed by atoms with Crippen molar-refractivity contribution in [2.24, 2.45) is 5.92 Å². The van der Waals surface area contributed by atoms with Crippen LogP contribution in [0.5, 0.6) is 0 Å². The van der Waals surface area contributed by atoms with E-state index >= 15 is 0 Å². The first kappa shape index (κ1) is 21.8. The van der Waals surface area contributed by atoms with Gasteiger partial charge in [-0.05, 0) is 43.4 Å². The van der Waals surface area contributed by atoms with Crippen LogP contribution in [0.2, 0.25) is 0 Å². The molecule has 3 rings (SSSR count). The smallest absolute Gasteiger partial charge is 0.237 e. The molecule has 1 aromatic rings. The maximum absolute atomic E-state index is 13.4. The van der Waals surface area contributed by atoms with Crippen molar-refractivity contribution in [3.05, 3.63) is 35.6 Å². The quantitative estimate of drug-likeness (QED) is 0.702. The first-order chi connectivity index (χ1) is 14.0. The molecule has 2 aliphatic rings. The molecule has 1 aromatic carbocycles. The first-order valence-corrected chi connectivity index (χ1v) is 11.1. The number of benzene rings is 1. The number of amides is 2. The highest BCUT2D eigenvalue weighted by atomic mass is 19.1. The van der Waals surface area contributed by atoms with Crippen molar-refractivity contribution in [1.29, 1.82) is 0 Å². The molecule has 0 radical (unpaired) electrons. The minimum atomic E-state index is -0.278. The van der Waals surface area contributed by atoms with Gasteiger partial charge in [-0.1, -0.05) is 31.4 Å². The minimum absolute atomic E-state index is 0.0544. The molecule has 1 saturated carbocycles. The predicted molar refractivity (Wildman–Crippen MR) is 112 cm³/mol. The molecule has 0 N–H and O–H groups in total. The van der Waals surface area contributed by atoms with Gasteiger partial charge in [-0.25, -0.2) is 4.39 Å². The number of piperazine rings is 1. The minimum Gasteiger partial charge on any atom is -0.340 e. The topological polar surface area (TPSA) is 43.9 Å². The summed E-state index contributed by atoms with van der Waals surface area (Å²) in [4.78, 5) is 31.2. The number of likely N-dealkylation sites (N-methyl/N-ethyl adjacent to an activating group) is 1. The van der Waals surface area contributed by atoms with Crippen LogP contribution in [0.4, 0.5) is 4.39 Å². The average molecular weight is 404 g/mol. The summed E-state index contributed by atoms with van der Waals surface area (Å²) in [5, 5.41) is 0. The van der Waals surface area contributed by atoms with Gasteiger partial charge in [-0.3, -0.25) is 14.5 Å². The third-order valence-electron chi connectivity index (χ3n) is 6.27. The Bertz CT molecular complexity index is 682. The summed E-state index contributed by atoms with van der Waals surface area (Å²) >= 11 is 0. The van der Waals surface area contributed by atoms with Gasteiger partial charge in [-0.2, -0.15) is 0 Å². The molecule has 1 aliphatic carbocycles. The van der Waals surface area contributed by atoms with E-state index < -0.39 is 0 Å². The van der Waals surface area contributed by atoms with Gasteiger partial charge in [0.05, 0.1) is 6.54 Å².